The molecule has 10 amide bonds. The van der Waals surface area contributed by atoms with Crippen LogP contribution >= 0.6 is 12.6 Å². The van der Waals surface area contributed by atoms with Gasteiger partial charge in [-0.05, 0) is 87.3 Å². The van der Waals surface area contributed by atoms with Crippen LogP contribution < -0.4 is 70.4 Å². The van der Waals surface area contributed by atoms with Gasteiger partial charge in [-0.1, -0.05) is 105 Å². The summed E-state index contributed by atoms with van der Waals surface area (Å²) in [4.78, 5) is 183. The van der Waals surface area contributed by atoms with Crippen molar-refractivity contribution in [2.24, 2.45) is 40.9 Å². The minimum absolute atomic E-state index is 0.0283. The molecule has 1 aromatic heterocycles. The number of benzene rings is 1. The van der Waals surface area contributed by atoms with Crippen LogP contribution in [0.15, 0.2) is 42.9 Å². The summed E-state index contributed by atoms with van der Waals surface area (Å²) in [5, 5.41) is 54.7. The summed E-state index contributed by atoms with van der Waals surface area (Å²) in [6, 6.07) is -7.07. The van der Waals surface area contributed by atoms with Crippen LogP contribution in [0.5, 0.6) is 0 Å². The van der Waals surface area contributed by atoms with E-state index in [-0.39, 0.29) is 82.0 Å². The average molecular weight is 1340 g/mol. The smallest absolute Gasteiger partial charge is 0.326 e. The van der Waals surface area contributed by atoms with Crippen molar-refractivity contribution in [2.45, 2.75) is 212 Å². The molecule has 2 aromatic rings. The van der Waals surface area contributed by atoms with E-state index in [1.165, 1.54) is 12.5 Å². The summed E-state index contributed by atoms with van der Waals surface area (Å²) < 4.78 is 0. The van der Waals surface area contributed by atoms with Crippen LogP contribution in [0.4, 0.5) is 0 Å². The molecule has 526 valence electrons. The topological polar surface area (TPSA) is 510 Å². The molecular formula is C62H101N15O16S. The van der Waals surface area contributed by atoms with Crippen LogP contribution in [-0.4, -0.2) is 188 Å². The van der Waals surface area contributed by atoms with Crippen LogP contribution in [0.2, 0.25) is 0 Å². The maximum Gasteiger partial charge on any atom is 0.326 e. The Labute approximate surface area is 553 Å². The van der Waals surface area contributed by atoms with E-state index in [0.717, 1.165) is 0 Å². The number of hydrogen-bond acceptors (Lipinski definition) is 18. The highest BCUT2D eigenvalue weighted by atomic mass is 32.1. The number of imidazole rings is 1. The number of nitrogens with one attached hydrogen (secondary N) is 11. The zero-order chi connectivity index (χ0) is 70.8. The highest BCUT2D eigenvalue weighted by Gasteiger charge is 2.39. The van der Waals surface area contributed by atoms with E-state index in [0.29, 0.717) is 30.5 Å². The first-order valence-corrected chi connectivity index (χ1v) is 32.6. The molecule has 0 fully saturated rings. The van der Waals surface area contributed by atoms with Gasteiger partial charge in [0, 0.05) is 36.9 Å². The predicted octanol–water partition coefficient (Wildman–Crippen LogP) is -1.22. The van der Waals surface area contributed by atoms with Crippen molar-refractivity contribution in [3.05, 3.63) is 54.1 Å². The van der Waals surface area contributed by atoms with Gasteiger partial charge in [-0.15, -0.1) is 0 Å². The molecule has 94 heavy (non-hydrogen) atoms. The third-order valence-corrected chi connectivity index (χ3v) is 16.4. The molecule has 14 atom stereocenters. The minimum Gasteiger partial charge on any atom is -0.481 e. The first-order chi connectivity index (χ1) is 44.4. The maximum absolute atomic E-state index is 14.6. The Morgan fingerprint density at radius 2 is 0.915 bits per heavy atom. The lowest BCUT2D eigenvalue weighted by molar-refractivity contribution is -0.147. The lowest BCUT2D eigenvalue weighted by Crippen LogP contribution is -2.62. The van der Waals surface area contributed by atoms with E-state index < -0.39 is 175 Å². The van der Waals surface area contributed by atoms with Crippen LogP contribution in [-0.2, 0) is 75.2 Å². The number of rotatable bonds is 46. The van der Waals surface area contributed by atoms with E-state index >= 15 is 0 Å². The predicted molar refractivity (Wildman–Crippen MR) is 349 cm³/mol. The highest BCUT2D eigenvalue weighted by molar-refractivity contribution is 7.80. The highest BCUT2D eigenvalue weighted by Crippen LogP contribution is 2.16. The summed E-state index contributed by atoms with van der Waals surface area (Å²) in [5.74, 6) is -15.0. The van der Waals surface area contributed by atoms with Crippen molar-refractivity contribution in [3.8, 4) is 0 Å². The second-order valence-corrected chi connectivity index (χ2v) is 24.4. The fraction of sp³-hybridized carbons (Fsp3) is 0.645. The minimum atomic E-state index is -1.88. The fourth-order valence-corrected chi connectivity index (χ4v) is 9.88. The van der Waals surface area contributed by atoms with Crippen molar-refractivity contribution in [1.29, 1.82) is 0 Å². The number of aromatic nitrogens is 2. The molecule has 0 spiro atoms. The summed E-state index contributed by atoms with van der Waals surface area (Å²) in [6.07, 6.45) is 2.09. The first kappa shape index (κ1) is 81.9. The lowest BCUT2D eigenvalue weighted by Gasteiger charge is -2.30. The summed E-state index contributed by atoms with van der Waals surface area (Å²) in [7, 11) is 0. The molecule has 0 saturated heterocycles. The van der Waals surface area contributed by atoms with Gasteiger partial charge in [0.15, 0.2) is 0 Å². The van der Waals surface area contributed by atoms with E-state index in [9.17, 15) is 77.6 Å². The Kier molecular flexibility index (Phi) is 37.4. The third kappa shape index (κ3) is 29.0. The second-order valence-electron chi connectivity index (χ2n) is 24.0. The Morgan fingerprint density at radius 3 is 1.38 bits per heavy atom. The van der Waals surface area contributed by atoms with Crippen LogP contribution in [0.25, 0.3) is 0 Å². The van der Waals surface area contributed by atoms with Gasteiger partial charge in [0.25, 0.3) is 0 Å². The second kappa shape index (κ2) is 42.9. The Bertz CT molecular complexity index is 2800. The van der Waals surface area contributed by atoms with Gasteiger partial charge in [-0.3, -0.25) is 57.5 Å². The van der Waals surface area contributed by atoms with Crippen molar-refractivity contribution < 1.29 is 77.6 Å². The van der Waals surface area contributed by atoms with Gasteiger partial charge in [0.05, 0.1) is 18.8 Å². The van der Waals surface area contributed by atoms with Gasteiger partial charge in [0.2, 0.25) is 59.1 Å². The Balaban J connectivity index is 2.52. The normalized spacial score (nSPS) is 15.7. The lowest BCUT2D eigenvalue weighted by atomic mass is 9.96. The van der Waals surface area contributed by atoms with Crippen molar-refractivity contribution in [3.63, 3.8) is 0 Å². The number of H-pyrrole nitrogens is 1. The van der Waals surface area contributed by atoms with Crippen LogP contribution in [0, 0.1) is 23.7 Å². The van der Waals surface area contributed by atoms with Gasteiger partial charge in [0.1, 0.15) is 60.4 Å². The van der Waals surface area contributed by atoms with E-state index in [1.54, 1.807) is 78.8 Å². The molecule has 20 N–H and O–H groups in total. The number of hydrogen-bond donors (Lipinski definition) is 18. The summed E-state index contributed by atoms with van der Waals surface area (Å²) in [6.45, 7) is 14.2. The SMILES string of the molecule is CC[C@H](C)[C@H](N)C(=O)N[C@@H](CS)C(=O)N[C@@H](CC(C)C)C(=O)N[C@@H](CCC(=O)O)C(=O)N[C@H](C(=O)N[C@@H](CCCCN)C(=O)N[C@@H](CCCN)C(=O)N[C@H](C(=O)N[C@@H](Cc1ccccc1)C(=O)N[C@@H](Cc1cnc[nH]1)C(=O)N[C@@H](CC(=O)O)C(=O)O)[C@@H](C)CC)[C@@H](C)CC. The van der Waals surface area contributed by atoms with Gasteiger partial charge in [-0.25, -0.2) is 9.78 Å². The van der Waals surface area contributed by atoms with Gasteiger partial charge in [-0.2, -0.15) is 12.6 Å². The standard InChI is InChI=1S/C62H101N15O16S/c1-9-34(6)49(65)59(89)75-46(31-94)58(88)71-42(26-33(4)5)55(85)69-41(22-23-47(78)79)54(84)77-50(35(7)10-2)60(90)70-39(20-15-16-24-63)52(82)68-40(21-17-25-64)53(83)76-51(36(8)11-3)61(91)73-43(27-37-18-13-12-14-19-37)56(86)72-44(28-38-30-66-32-67-38)57(87)74-45(62(92)93)29-48(80)81/h12-14,18-19,30,32-36,39-46,49-51,94H,9-11,15-17,20-29,31,63-65H2,1-8H3,(H,66,67)(H,68,82)(H,69,85)(H,70,90)(H,71,88)(H,72,86)(H,73,91)(H,74,87)(H,75,89)(H,76,83)(H,77,84)(H,78,79)(H,80,81)(H,92,93)/t34-,35-,36-,39-,40-,41-,42-,43-,44-,45-,46-,49-,50-,51-/m0/s1. The number of carbonyl (C=O) groups excluding carboxylic acids is 10. The number of aromatic amines is 1. The zero-order valence-corrected chi connectivity index (χ0v) is 55.9. The van der Waals surface area contributed by atoms with Crippen molar-refractivity contribution >= 4 is 89.6 Å². The molecule has 0 unspecified atom stereocenters. The van der Waals surface area contributed by atoms with Crippen LogP contribution in [0.1, 0.15) is 144 Å². The number of carboxylic acids is 3. The van der Waals surface area contributed by atoms with Crippen molar-refractivity contribution in [1.82, 2.24) is 63.1 Å². The molecule has 1 heterocycles. The monoisotopic (exact) mass is 1340 g/mol. The molecule has 0 aliphatic rings. The van der Waals surface area contributed by atoms with Gasteiger partial charge >= 0.3 is 17.9 Å². The first-order valence-electron chi connectivity index (χ1n) is 31.9. The van der Waals surface area contributed by atoms with Crippen molar-refractivity contribution in [2.75, 3.05) is 18.8 Å². The molecule has 0 saturated carbocycles. The molecule has 0 aliphatic carbocycles. The number of nitrogens with two attached hydrogens (primary N) is 3. The van der Waals surface area contributed by atoms with E-state index in [1.807, 2.05) is 6.92 Å². The quantitative estimate of drug-likeness (QED) is 0.0273. The molecule has 31 nitrogen and oxygen atoms in total. The molecule has 0 radical (unpaired) electrons. The maximum atomic E-state index is 14.6. The number of aliphatic carboxylic acids is 3. The molecule has 32 heteroatoms. The Hall–Kier alpha value is -8.23. The Morgan fingerprint density at radius 1 is 0.489 bits per heavy atom. The number of nitrogens with zero attached hydrogens (tertiary/aromatic N) is 1. The number of carboxylic acid groups (broad SMARTS) is 3. The largest absolute Gasteiger partial charge is 0.481 e. The summed E-state index contributed by atoms with van der Waals surface area (Å²) >= 11 is 4.23. The zero-order valence-electron chi connectivity index (χ0n) is 55.0. The van der Waals surface area contributed by atoms with Gasteiger partial charge < -0.3 is 90.7 Å². The van der Waals surface area contributed by atoms with E-state index in [2.05, 4.69) is 75.8 Å². The molecule has 0 bridgehead atoms. The third-order valence-electron chi connectivity index (χ3n) is 16.0. The molecule has 2 rings (SSSR count). The molecular weight excluding hydrogens is 1240 g/mol. The average Bonchev–Trinajstić information content (AvgIpc) is 0.938. The fourth-order valence-electron chi connectivity index (χ4n) is 9.62. The number of carbonyl (C=O) groups is 13. The number of amides is 10. The van der Waals surface area contributed by atoms with Crippen LogP contribution in [0.3, 0.4) is 0 Å². The summed E-state index contributed by atoms with van der Waals surface area (Å²) in [5.41, 5.74) is 18.7. The molecule has 0 aliphatic heterocycles. The number of thiol groups is 1. The van der Waals surface area contributed by atoms with E-state index in [4.69, 9.17) is 17.2 Å². The molecule has 1 aromatic carbocycles. The number of unbranched alkanes of at least 4 members (excludes halogenated alkanes) is 1.